The van der Waals surface area contributed by atoms with Gasteiger partial charge in [0.15, 0.2) is 6.61 Å². The van der Waals surface area contributed by atoms with Crippen LogP contribution in [-0.4, -0.2) is 35.8 Å². The van der Waals surface area contributed by atoms with Crippen molar-refractivity contribution in [3.8, 4) is 6.07 Å². The predicted octanol–water partition coefficient (Wildman–Crippen LogP) is 3.68. The lowest BCUT2D eigenvalue weighted by molar-refractivity contribution is -0.142. The molecular formula is C24H27N3O4. The topological polar surface area (TPSA) is 93.4 Å². The van der Waals surface area contributed by atoms with Crippen LogP contribution in [0.4, 0.5) is 5.69 Å². The average Bonchev–Trinajstić information content (AvgIpc) is 3.36. The van der Waals surface area contributed by atoms with E-state index in [1.54, 1.807) is 12.1 Å². The minimum Gasteiger partial charge on any atom is -0.451 e. The van der Waals surface area contributed by atoms with Crippen molar-refractivity contribution < 1.29 is 19.1 Å². The number of nitrogens with one attached hydrogen (secondary N) is 1. The van der Waals surface area contributed by atoms with Crippen LogP contribution in [0.25, 0.3) is 6.08 Å². The minimum absolute atomic E-state index is 0.152. The van der Waals surface area contributed by atoms with Crippen LogP contribution < -0.4 is 5.32 Å². The molecule has 2 heterocycles. The van der Waals surface area contributed by atoms with Crippen molar-refractivity contribution in [2.45, 2.75) is 46.3 Å². The molecule has 31 heavy (non-hydrogen) atoms. The molecule has 7 heteroatoms. The Morgan fingerprint density at radius 1 is 1.32 bits per heavy atom. The zero-order chi connectivity index (χ0) is 22.4. The zero-order valence-electron chi connectivity index (χ0n) is 18.1. The second-order valence-electron chi connectivity index (χ2n) is 7.68. The number of aryl methyl sites for hydroxylation is 2. The van der Waals surface area contributed by atoms with Crippen molar-refractivity contribution >= 4 is 23.6 Å². The van der Waals surface area contributed by atoms with Gasteiger partial charge in [0.05, 0.1) is 6.10 Å². The number of benzene rings is 1. The highest BCUT2D eigenvalue weighted by Gasteiger charge is 2.20. The van der Waals surface area contributed by atoms with E-state index in [4.69, 9.17) is 9.47 Å². The van der Waals surface area contributed by atoms with Gasteiger partial charge in [0, 0.05) is 30.2 Å². The average molecular weight is 421 g/mol. The lowest BCUT2D eigenvalue weighted by Gasteiger charge is -2.14. The van der Waals surface area contributed by atoms with Crippen molar-refractivity contribution in [3.05, 3.63) is 58.4 Å². The second kappa shape index (κ2) is 10.1. The number of ether oxygens (including phenoxy) is 2. The van der Waals surface area contributed by atoms with E-state index in [-0.39, 0.29) is 11.7 Å². The van der Waals surface area contributed by atoms with Crippen molar-refractivity contribution in [2.75, 3.05) is 18.5 Å². The van der Waals surface area contributed by atoms with Gasteiger partial charge in [-0.05, 0) is 62.9 Å². The third-order valence-electron chi connectivity index (χ3n) is 5.42. The van der Waals surface area contributed by atoms with E-state index < -0.39 is 18.5 Å². The Morgan fingerprint density at radius 3 is 2.77 bits per heavy atom. The molecule has 1 saturated heterocycles. The smallest absolute Gasteiger partial charge is 0.349 e. The summed E-state index contributed by atoms with van der Waals surface area (Å²) in [5.74, 6) is -1.29. The molecule has 3 rings (SSSR count). The van der Waals surface area contributed by atoms with Gasteiger partial charge in [0.1, 0.15) is 11.6 Å². The summed E-state index contributed by atoms with van der Waals surface area (Å²) in [5, 5.41) is 12.1. The first-order chi connectivity index (χ1) is 14.9. The Labute approximate surface area is 182 Å². The summed E-state index contributed by atoms with van der Waals surface area (Å²) in [6, 6.07) is 11.1. The molecule has 1 N–H and O–H groups in total. The molecule has 7 nitrogen and oxygen atoms in total. The highest BCUT2D eigenvalue weighted by molar-refractivity contribution is 6.00. The molecule has 0 saturated carbocycles. The first-order valence-electron chi connectivity index (χ1n) is 10.3. The highest BCUT2D eigenvalue weighted by Crippen LogP contribution is 2.22. The standard InChI is InChI=1S/C24H27N3O4/c1-16-7-4-5-9-22(16)26-23(28)15-31-24(29)20(13-25)12-19-11-17(2)27(18(19)3)14-21-8-6-10-30-21/h4-5,7,9,11-12,21H,6,8,10,14-15H2,1-3H3,(H,26,28)/b20-12+/t21-/m0/s1. The summed E-state index contributed by atoms with van der Waals surface area (Å²) in [4.78, 5) is 24.5. The third kappa shape index (κ3) is 5.62. The summed E-state index contributed by atoms with van der Waals surface area (Å²) in [5.41, 5.74) is 4.15. The molecule has 162 valence electrons. The number of esters is 1. The quantitative estimate of drug-likeness (QED) is 0.418. The number of nitriles is 1. The molecule has 0 bridgehead atoms. The van der Waals surface area contributed by atoms with Gasteiger partial charge in [-0.3, -0.25) is 4.79 Å². The minimum atomic E-state index is -0.827. The fourth-order valence-electron chi connectivity index (χ4n) is 3.65. The number of nitrogens with zero attached hydrogens (tertiary/aromatic N) is 2. The number of para-hydroxylation sites is 1. The predicted molar refractivity (Wildman–Crippen MR) is 117 cm³/mol. The Balaban J connectivity index is 1.64. The Hall–Kier alpha value is -3.37. The van der Waals surface area contributed by atoms with Gasteiger partial charge in [-0.25, -0.2) is 4.79 Å². The Morgan fingerprint density at radius 2 is 2.10 bits per heavy atom. The maximum atomic E-state index is 12.4. The van der Waals surface area contributed by atoms with E-state index in [0.29, 0.717) is 5.69 Å². The molecule has 0 spiro atoms. The molecule has 1 aliphatic rings. The van der Waals surface area contributed by atoms with Crippen molar-refractivity contribution in [3.63, 3.8) is 0 Å². The first kappa shape index (κ1) is 22.3. The number of amides is 1. The number of hydrogen-bond donors (Lipinski definition) is 1. The molecular weight excluding hydrogens is 394 g/mol. The number of aromatic nitrogens is 1. The van der Waals surface area contributed by atoms with Crippen LogP contribution in [-0.2, 0) is 25.6 Å². The van der Waals surface area contributed by atoms with Crippen LogP contribution in [0.15, 0.2) is 35.9 Å². The molecule has 0 aliphatic carbocycles. The molecule has 1 amide bonds. The van der Waals surface area contributed by atoms with Gasteiger partial charge in [0.2, 0.25) is 0 Å². The van der Waals surface area contributed by atoms with Crippen LogP contribution in [0.5, 0.6) is 0 Å². The van der Waals surface area contributed by atoms with E-state index in [1.165, 1.54) is 6.08 Å². The van der Waals surface area contributed by atoms with Gasteiger partial charge in [-0.15, -0.1) is 0 Å². The van der Waals surface area contributed by atoms with Crippen LogP contribution in [0, 0.1) is 32.1 Å². The number of hydrogen-bond acceptors (Lipinski definition) is 5. The van der Waals surface area contributed by atoms with Gasteiger partial charge < -0.3 is 19.4 Å². The normalized spacial score (nSPS) is 16.1. The summed E-state index contributed by atoms with van der Waals surface area (Å²) in [7, 11) is 0. The lowest BCUT2D eigenvalue weighted by atomic mass is 10.1. The first-order valence-corrected chi connectivity index (χ1v) is 10.3. The highest BCUT2D eigenvalue weighted by atomic mass is 16.5. The maximum Gasteiger partial charge on any atom is 0.349 e. The molecule has 1 atom stereocenters. The van der Waals surface area contributed by atoms with E-state index in [2.05, 4.69) is 9.88 Å². The van der Waals surface area contributed by atoms with Crippen LogP contribution in [0.2, 0.25) is 0 Å². The summed E-state index contributed by atoms with van der Waals surface area (Å²) in [6.45, 7) is 6.87. The lowest BCUT2D eigenvalue weighted by Crippen LogP contribution is -2.21. The summed E-state index contributed by atoms with van der Waals surface area (Å²) < 4.78 is 12.9. The molecule has 1 aliphatic heterocycles. The van der Waals surface area contributed by atoms with E-state index in [0.717, 1.165) is 48.5 Å². The van der Waals surface area contributed by atoms with Crippen LogP contribution >= 0.6 is 0 Å². The second-order valence-corrected chi connectivity index (χ2v) is 7.68. The largest absolute Gasteiger partial charge is 0.451 e. The third-order valence-corrected chi connectivity index (χ3v) is 5.42. The Kier molecular flexibility index (Phi) is 7.27. The van der Waals surface area contributed by atoms with Crippen molar-refractivity contribution in [1.29, 1.82) is 5.26 Å². The summed E-state index contributed by atoms with van der Waals surface area (Å²) >= 11 is 0. The number of carbonyl (C=O) groups is 2. The molecule has 1 aromatic heterocycles. The van der Waals surface area contributed by atoms with E-state index >= 15 is 0 Å². The monoisotopic (exact) mass is 421 g/mol. The number of carbonyl (C=O) groups excluding carboxylic acids is 2. The summed E-state index contributed by atoms with van der Waals surface area (Å²) in [6.07, 6.45) is 3.80. The Bertz CT molecular complexity index is 1040. The zero-order valence-corrected chi connectivity index (χ0v) is 18.1. The van der Waals surface area contributed by atoms with Gasteiger partial charge in [-0.1, -0.05) is 18.2 Å². The van der Waals surface area contributed by atoms with Crippen molar-refractivity contribution in [1.82, 2.24) is 4.57 Å². The van der Waals surface area contributed by atoms with E-state index in [1.807, 2.05) is 45.0 Å². The maximum absolute atomic E-state index is 12.4. The molecule has 1 fully saturated rings. The molecule has 2 aromatic rings. The fourth-order valence-corrected chi connectivity index (χ4v) is 3.65. The molecule has 0 unspecified atom stereocenters. The fraction of sp³-hybridized carbons (Fsp3) is 0.375. The number of anilines is 1. The SMILES string of the molecule is Cc1ccccc1NC(=O)COC(=O)/C(C#N)=C/c1cc(C)n(C[C@@H]2CCCO2)c1C. The number of rotatable bonds is 7. The molecule has 0 radical (unpaired) electrons. The molecule has 1 aromatic carbocycles. The van der Waals surface area contributed by atoms with Crippen LogP contribution in [0.3, 0.4) is 0 Å². The van der Waals surface area contributed by atoms with Gasteiger partial charge >= 0.3 is 5.97 Å². The van der Waals surface area contributed by atoms with E-state index in [9.17, 15) is 14.9 Å². The van der Waals surface area contributed by atoms with Gasteiger partial charge in [-0.2, -0.15) is 5.26 Å². The van der Waals surface area contributed by atoms with Crippen LogP contribution in [0.1, 0.15) is 35.4 Å². The van der Waals surface area contributed by atoms with Crippen molar-refractivity contribution in [2.24, 2.45) is 0 Å². The van der Waals surface area contributed by atoms with Gasteiger partial charge in [0.25, 0.3) is 5.91 Å².